The van der Waals surface area contributed by atoms with Gasteiger partial charge in [-0.05, 0) is 36.8 Å². The molecule has 1 N–H and O–H groups in total. The third-order valence-corrected chi connectivity index (χ3v) is 4.43. The highest BCUT2D eigenvalue weighted by molar-refractivity contribution is 7.99. The van der Waals surface area contributed by atoms with Gasteiger partial charge in [0.2, 0.25) is 0 Å². The number of nitrogens with one attached hydrogen (secondary N) is 1. The molecule has 2 aromatic carbocycles. The normalized spacial score (nSPS) is 10.8. The van der Waals surface area contributed by atoms with Crippen LogP contribution in [0.15, 0.2) is 52.3 Å². The quantitative estimate of drug-likeness (QED) is 0.757. The number of methoxy groups -OCH3 is 1. The predicted octanol–water partition coefficient (Wildman–Crippen LogP) is 4.54. The van der Waals surface area contributed by atoms with Gasteiger partial charge >= 0.3 is 0 Å². The Balaban J connectivity index is 1.96. The molecular weight excluding hydrogens is 302 g/mol. The molecule has 2 nitrogen and oxygen atoms in total. The molecule has 2 aromatic rings. The summed E-state index contributed by atoms with van der Waals surface area (Å²) in [7, 11) is 1.70. The molecule has 2 rings (SSSR count). The zero-order valence-corrected chi connectivity index (χ0v) is 13.9. The smallest absolute Gasteiger partial charge is 0.0587 e. The average Bonchev–Trinajstić information content (AvgIpc) is 2.48. The van der Waals surface area contributed by atoms with Gasteiger partial charge in [0, 0.05) is 35.0 Å². The standard InChI is InChI=1S/C17H20ClNOS/c1-13-3-6-15(7-4-13)21-16-8-5-14(17(18)11-16)12-19-9-10-20-2/h3-8,11,19H,9-10,12H2,1-2H3. The summed E-state index contributed by atoms with van der Waals surface area (Å²) in [6.45, 7) is 4.39. The van der Waals surface area contributed by atoms with Crippen molar-refractivity contribution in [3.63, 3.8) is 0 Å². The molecule has 0 aromatic heterocycles. The van der Waals surface area contributed by atoms with Crippen molar-refractivity contribution in [2.45, 2.75) is 23.3 Å². The Morgan fingerprint density at radius 2 is 1.81 bits per heavy atom. The van der Waals surface area contributed by atoms with Crippen molar-refractivity contribution in [1.82, 2.24) is 5.32 Å². The topological polar surface area (TPSA) is 21.3 Å². The highest BCUT2D eigenvalue weighted by Gasteiger charge is 2.03. The number of hydrogen-bond acceptors (Lipinski definition) is 3. The number of rotatable bonds is 7. The minimum absolute atomic E-state index is 0.707. The first kappa shape index (κ1) is 16.4. The summed E-state index contributed by atoms with van der Waals surface area (Å²) in [6.07, 6.45) is 0. The average molecular weight is 322 g/mol. The van der Waals surface area contributed by atoms with Crippen LogP contribution in [0.2, 0.25) is 5.02 Å². The third-order valence-electron chi connectivity index (χ3n) is 3.08. The summed E-state index contributed by atoms with van der Waals surface area (Å²) in [6, 6.07) is 14.7. The molecule has 0 heterocycles. The molecular formula is C17H20ClNOS. The fraction of sp³-hybridized carbons (Fsp3) is 0.294. The van der Waals surface area contributed by atoms with Gasteiger partial charge in [0.15, 0.2) is 0 Å². The number of ether oxygens (including phenoxy) is 1. The van der Waals surface area contributed by atoms with Crippen molar-refractivity contribution in [2.75, 3.05) is 20.3 Å². The van der Waals surface area contributed by atoms with Gasteiger partial charge in [0.25, 0.3) is 0 Å². The number of aryl methyl sites for hydroxylation is 1. The van der Waals surface area contributed by atoms with E-state index in [-0.39, 0.29) is 0 Å². The molecule has 0 spiro atoms. The Bertz CT molecular complexity index is 572. The summed E-state index contributed by atoms with van der Waals surface area (Å²) in [4.78, 5) is 2.38. The molecule has 0 aliphatic heterocycles. The van der Waals surface area contributed by atoms with Crippen LogP contribution < -0.4 is 5.32 Å². The molecule has 0 aliphatic carbocycles. The molecule has 0 atom stereocenters. The Hall–Kier alpha value is -1.00. The second kappa shape index (κ2) is 8.44. The van der Waals surface area contributed by atoms with E-state index < -0.39 is 0 Å². The van der Waals surface area contributed by atoms with Crippen LogP contribution in [-0.4, -0.2) is 20.3 Å². The van der Waals surface area contributed by atoms with E-state index in [1.807, 2.05) is 6.07 Å². The summed E-state index contributed by atoms with van der Waals surface area (Å²) >= 11 is 8.08. The Morgan fingerprint density at radius 3 is 2.48 bits per heavy atom. The molecule has 0 fully saturated rings. The highest BCUT2D eigenvalue weighted by Crippen LogP contribution is 2.31. The lowest BCUT2D eigenvalue weighted by Crippen LogP contribution is -2.18. The van der Waals surface area contributed by atoms with E-state index in [1.165, 1.54) is 10.5 Å². The summed E-state index contributed by atoms with van der Waals surface area (Å²) in [5.41, 5.74) is 2.39. The molecule has 0 aliphatic rings. The van der Waals surface area contributed by atoms with Crippen LogP contribution in [0, 0.1) is 6.92 Å². The van der Waals surface area contributed by atoms with E-state index in [1.54, 1.807) is 18.9 Å². The first-order valence-electron chi connectivity index (χ1n) is 6.91. The summed E-state index contributed by atoms with van der Waals surface area (Å²) < 4.78 is 5.01. The number of hydrogen-bond donors (Lipinski definition) is 1. The molecule has 21 heavy (non-hydrogen) atoms. The van der Waals surface area contributed by atoms with Gasteiger partial charge in [-0.15, -0.1) is 0 Å². The lowest BCUT2D eigenvalue weighted by Gasteiger charge is -2.08. The van der Waals surface area contributed by atoms with Crippen LogP contribution in [0.1, 0.15) is 11.1 Å². The van der Waals surface area contributed by atoms with Crippen molar-refractivity contribution in [2.24, 2.45) is 0 Å². The maximum absolute atomic E-state index is 6.35. The molecule has 0 amide bonds. The van der Waals surface area contributed by atoms with E-state index in [2.05, 4.69) is 48.6 Å². The minimum atomic E-state index is 0.707. The van der Waals surface area contributed by atoms with Crippen LogP contribution in [0.25, 0.3) is 0 Å². The van der Waals surface area contributed by atoms with Gasteiger partial charge in [0.05, 0.1) is 6.61 Å². The fourth-order valence-corrected chi connectivity index (χ4v) is 3.04. The zero-order chi connectivity index (χ0) is 15.1. The Morgan fingerprint density at radius 1 is 1.10 bits per heavy atom. The van der Waals surface area contributed by atoms with Crippen molar-refractivity contribution in [3.8, 4) is 0 Å². The Kier molecular flexibility index (Phi) is 6.58. The highest BCUT2D eigenvalue weighted by atomic mass is 35.5. The molecule has 4 heteroatoms. The van der Waals surface area contributed by atoms with Crippen LogP contribution in [0.4, 0.5) is 0 Å². The lowest BCUT2D eigenvalue weighted by atomic mass is 10.2. The van der Waals surface area contributed by atoms with Crippen LogP contribution in [0.3, 0.4) is 0 Å². The van der Waals surface area contributed by atoms with E-state index in [9.17, 15) is 0 Å². The van der Waals surface area contributed by atoms with Crippen LogP contribution in [-0.2, 0) is 11.3 Å². The molecule has 0 bridgehead atoms. The monoisotopic (exact) mass is 321 g/mol. The SMILES string of the molecule is COCCNCc1ccc(Sc2ccc(C)cc2)cc1Cl. The number of halogens is 1. The molecule has 0 unspecified atom stereocenters. The van der Waals surface area contributed by atoms with Crippen molar-refractivity contribution >= 4 is 23.4 Å². The molecule has 0 radical (unpaired) electrons. The predicted molar refractivity (Wildman–Crippen MR) is 90.3 cm³/mol. The molecule has 0 saturated carbocycles. The first-order valence-corrected chi connectivity index (χ1v) is 8.11. The van der Waals surface area contributed by atoms with E-state index in [4.69, 9.17) is 16.3 Å². The maximum atomic E-state index is 6.35. The van der Waals surface area contributed by atoms with Crippen LogP contribution in [0.5, 0.6) is 0 Å². The molecule has 112 valence electrons. The zero-order valence-electron chi connectivity index (χ0n) is 12.4. The molecule has 0 saturated heterocycles. The van der Waals surface area contributed by atoms with Crippen LogP contribution >= 0.6 is 23.4 Å². The van der Waals surface area contributed by atoms with Gasteiger partial charge in [-0.1, -0.05) is 47.1 Å². The second-order valence-electron chi connectivity index (χ2n) is 4.84. The number of benzene rings is 2. The van der Waals surface area contributed by atoms with Crippen molar-refractivity contribution < 1.29 is 4.74 Å². The lowest BCUT2D eigenvalue weighted by molar-refractivity contribution is 0.199. The van der Waals surface area contributed by atoms with Gasteiger partial charge in [-0.25, -0.2) is 0 Å². The largest absolute Gasteiger partial charge is 0.383 e. The van der Waals surface area contributed by atoms with Gasteiger partial charge in [-0.3, -0.25) is 0 Å². The Labute approximate surface area is 135 Å². The van der Waals surface area contributed by atoms with Gasteiger partial charge < -0.3 is 10.1 Å². The van der Waals surface area contributed by atoms with Crippen molar-refractivity contribution in [3.05, 3.63) is 58.6 Å². The van der Waals surface area contributed by atoms with Crippen molar-refractivity contribution in [1.29, 1.82) is 0 Å². The van der Waals surface area contributed by atoms with E-state index >= 15 is 0 Å². The maximum Gasteiger partial charge on any atom is 0.0587 e. The first-order chi connectivity index (χ1) is 10.2. The fourth-order valence-electron chi connectivity index (χ4n) is 1.87. The van der Waals surface area contributed by atoms with Gasteiger partial charge in [0.1, 0.15) is 0 Å². The second-order valence-corrected chi connectivity index (χ2v) is 6.39. The summed E-state index contributed by atoms with van der Waals surface area (Å²) in [5, 5.41) is 4.11. The summed E-state index contributed by atoms with van der Waals surface area (Å²) in [5.74, 6) is 0. The van der Waals surface area contributed by atoms with E-state index in [0.717, 1.165) is 28.6 Å². The third kappa shape index (κ3) is 5.36. The van der Waals surface area contributed by atoms with E-state index in [0.29, 0.717) is 6.61 Å². The van der Waals surface area contributed by atoms with Gasteiger partial charge in [-0.2, -0.15) is 0 Å². The minimum Gasteiger partial charge on any atom is -0.383 e.